The highest BCUT2D eigenvalue weighted by molar-refractivity contribution is 7.98. The maximum absolute atomic E-state index is 12.4. The van der Waals surface area contributed by atoms with E-state index in [1.54, 1.807) is 60.3 Å². The van der Waals surface area contributed by atoms with Crippen LogP contribution in [0.1, 0.15) is 26.3 Å². The van der Waals surface area contributed by atoms with E-state index < -0.39 is 0 Å². The molecule has 0 aromatic heterocycles. The molecule has 3 aromatic rings. The van der Waals surface area contributed by atoms with Gasteiger partial charge in [0.2, 0.25) is 0 Å². The Hall–Kier alpha value is -3.51. The van der Waals surface area contributed by atoms with Gasteiger partial charge in [0.05, 0.1) is 0 Å². The lowest BCUT2D eigenvalue weighted by Gasteiger charge is -2.07. The number of rotatable bonds is 6. The third-order valence-electron chi connectivity index (χ3n) is 4.21. The average molecular weight is 404 g/mol. The van der Waals surface area contributed by atoms with Gasteiger partial charge in [-0.1, -0.05) is 18.2 Å². The molecule has 3 rings (SSSR count). The molecule has 0 saturated carbocycles. The van der Waals surface area contributed by atoms with Crippen molar-refractivity contribution in [3.63, 3.8) is 0 Å². The van der Waals surface area contributed by atoms with Gasteiger partial charge in [0.15, 0.2) is 5.78 Å². The number of hydrogen-bond acceptors (Lipinski definition) is 5. The zero-order chi connectivity index (χ0) is 20.8. The molecule has 0 unspecified atom stereocenters. The summed E-state index contributed by atoms with van der Waals surface area (Å²) in [4.78, 5) is 25.9. The number of anilines is 3. The lowest BCUT2D eigenvalue weighted by Crippen LogP contribution is -2.12. The lowest BCUT2D eigenvalue weighted by atomic mass is 10.1. The summed E-state index contributed by atoms with van der Waals surface area (Å²) in [6.45, 7) is 0. The number of allylic oxidation sites excluding steroid dienone is 1. The summed E-state index contributed by atoms with van der Waals surface area (Å²) in [7, 11) is 0. The number of benzene rings is 3. The van der Waals surface area contributed by atoms with Gasteiger partial charge in [-0.25, -0.2) is 0 Å². The monoisotopic (exact) mass is 403 g/mol. The average Bonchev–Trinajstić information content (AvgIpc) is 2.72. The smallest absolute Gasteiger partial charge is 0.255 e. The van der Waals surface area contributed by atoms with Crippen LogP contribution in [0.2, 0.25) is 0 Å². The molecule has 0 spiro atoms. The van der Waals surface area contributed by atoms with Gasteiger partial charge in [0, 0.05) is 33.1 Å². The normalized spacial score (nSPS) is 10.8. The number of nitrogens with one attached hydrogen (secondary N) is 1. The number of thioether (sulfide) groups is 1. The Morgan fingerprint density at radius 3 is 2.07 bits per heavy atom. The van der Waals surface area contributed by atoms with Crippen LogP contribution < -0.4 is 16.8 Å². The summed E-state index contributed by atoms with van der Waals surface area (Å²) in [5.74, 6) is -0.433. The minimum Gasteiger partial charge on any atom is -0.399 e. The van der Waals surface area contributed by atoms with Gasteiger partial charge in [-0.05, 0) is 72.5 Å². The van der Waals surface area contributed by atoms with E-state index in [4.69, 9.17) is 11.5 Å². The Labute approximate surface area is 173 Å². The van der Waals surface area contributed by atoms with Crippen LogP contribution in [-0.4, -0.2) is 17.9 Å². The zero-order valence-corrected chi connectivity index (χ0v) is 16.7. The van der Waals surface area contributed by atoms with Gasteiger partial charge in [0.25, 0.3) is 5.91 Å². The number of hydrogen-bond donors (Lipinski definition) is 3. The molecule has 0 heterocycles. The number of ketones is 1. The summed E-state index contributed by atoms with van der Waals surface area (Å²) in [5, 5.41) is 2.77. The third-order valence-corrected chi connectivity index (χ3v) is 4.95. The molecule has 0 aliphatic rings. The predicted octanol–water partition coefficient (Wildman–Crippen LogP) is 4.72. The second kappa shape index (κ2) is 9.12. The van der Waals surface area contributed by atoms with Gasteiger partial charge in [0.1, 0.15) is 0 Å². The highest BCUT2D eigenvalue weighted by atomic mass is 32.2. The van der Waals surface area contributed by atoms with Crippen LogP contribution in [0.4, 0.5) is 17.1 Å². The van der Waals surface area contributed by atoms with Gasteiger partial charge >= 0.3 is 0 Å². The molecular formula is C23H21N3O2S. The largest absolute Gasteiger partial charge is 0.399 e. The van der Waals surface area contributed by atoms with E-state index in [1.165, 1.54) is 11.0 Å². The summed E-state index contributed by atoms with van der Waals surface area (Å²) < 4.78 is 0. The van der Waals surface area contributed by atoms with Crippen LogP contribution in [-0.2, 0) is 0 Å². The van der Waals surface area contributed by atoms with Crippen molar-refractivity contribution in [1.82, 2.24) is 0 Å². The van der Waals surface area contributed by atoms with Crippen LogP contribution in [0.15, 0.2) is 77.7 Å². The van der Waals surface area contributed by atoms with Gasteiger partial charge in [-0.2, -0.15) is 0 Å². The number of carbonyl (C=O) groups is 2. The van der Waals surface area contributed by atoms with Crippen molar-refractivity contribution in [2.45, 2.75) is 4.90 Å². The van der Waals surface area contributed by atoms with E-state index in [1.807, 2.05) is 30.5 Å². The second-order valence-electron chi connectivity index (χ2n) is 6.39. The summed E-state index contributed by atoms with van der Waals surface area (Å²) in [6, 6.07) is 19.4. The van der Waals surface area contributed by atoms with Crippen LogP contribution in [0.3, 0.4) is 0 Å². The van der Waals surface area contributed by atoms with Crippen LogP contribution >= 0.6 is 11.8 Å². The fourth-order valence-corrected chi connectivity index (χ4v) is 3.12. The van der Waals surface area contributed by atoms with E-state index >= 15 is 0 Å². The number of amides is 1. The van der Waals surface area contributed by atoms with Crippen molar-refractivity contribution in [2.75, 3.05) is 23.0 Å². The Morgan fingerprint density at radius 2 is 1.48 bits per heavy atom. The molecule has 0 fully saturated rings. The van der Waals surface area contributed by atoms with Crippen LogP contribution in [0.25, 0.3) is 6.08 Å². The topological polar surface area (TPSA) is 98.2 Å². The summed E-state index contributed by atoms with van der Waals surface area (Å²) >= 11 is 1.67. The Bertz CT molecular complexity index is 1040. The van der Waals surface area contributed by atoms with Crippen LogP contribution in [0.5, 0.6) is 0 Å². The predicted molar refractivity (Wildman–Crippen MR) is 121 cm³/mol. The molecule has 5 nitrogen and oxygen atoms in total. The maximum Gasteiger partial charge on any atom is 0.255 e. The van der Waals surface area contributed by atoms with Crippen LogP contribution in [0, 0.1) is 0 Å². The van der Waals surface area contributed by atoms with E-state index in [0.717, 1.165) is 5.56 Å². The highest BCUT2D eigenvalue weighted by Crippen LogP contribution is 2.18. The first-order chi connectivity index (χ1) is 13.9. The van der Waals surface area contributed by atoms with Gasteiger partial charge in [-0.15, -0.1) is 11.8 Å². The van der Waals surface area contributed by atoms with Crippen molar-refractivity contribution in [3.05, 3.63) is 89.5 Å². The fraction of sp³-hybridized carbons (Fsp3) is 0.0435. The maximum atomic E-state index is 12.4. The molecule has 3 aromatic carbocycles. The van der Waals surface area contributed by atoms with Crippen molar-refractivity contribution in [2.24, 2.45) is 0 Å². The summed E-state index contributed by atoms with van der Waals surface area (Å²) in [5.41, 5.74) is 14.7. The fourth-order valence-electron chi connectivity index (χ4n) is 2.71. The first kappa shape index (κ1) is 20.2. The first-order valence-corrected chi connectivity index (χ1v) is 10.1. The SMILES string of the molecule is CSc1ccc(C=CC(=O)c2ccc(NC(=O)c3cc(N)cc(N)c3)cc2)cc1. The molecule has 0 atom stereocenters. The lowest BCUT2D eigenvalue weighted by molar-refractivity contribution is 0.102. The Morgan fingerprint density at radius 1 is 0.862 bits per heavy atom. The second-order valence-corrected chi connectivity index (χ2v) is 7.27. The molecule has 146 valence electrons. The zero-order valence-electron chi connectivity index (χ0n) is 15.9. The van der Waals surface area contributed by atoms with E-state index in [-0.39, 0.29) is 11.7 Å². The first-order valence-electron chi connectivity index (χ1n) is 8.88. The van der Waals surface area contributed by atoms with Crippen molar-refractivity contribution in [3.8, 4) is 0 Å². The van der Waals surface area contributed by atoms with Crippen molar-refractivity contribution >= 4 is 46.6 Å². The van der Waals surface area contributed by atoms with Gasteiger partial charge < -0.3 is 16.8 Å². The van der Waals surface area contributed by atoms with Crippen molar-refractivity contribution < 1.29 is 9.59 Å². The van der Waals surface area contributed by atoms with Gasteiger partial charge in [-0.3, -0.25) is 9.59 Å². The van der Waals surface area contributed by atoms with E-state index in [0.29, 0.717) is 28.2 Å². The molecule has 5 N–H and O–H groups in total. The number of carbonyl (C=O) groups excluding carboxylic acids is 2. The summed E-state index contributed by atoms with van der Waals surface area (Å²) in [6.07, 6.45) is 5.34. The number of nitrogens with two attached hydrogens (primary N) is 2. The molecule has 0 aliphatic heterocycles. The molecule has 6 heteroatoms. The molecular weight excluding hydrogens is 382 g/mol. The molecule has 29 heavy (non-hydrogen) atoms. The Kier molecular flexibility index (Phi) is 6.36. The van der Waals surface area contributed by atoms with E-state index in [9.17, 15) is 9.59 Å². The molecule has 0 radical (unpaired) electrons. The highest BCUT2D eigenvalue weighted by Gasteiger charge is 2.09. The standard InChI is InChI=1S/C23H21N3O2S/c1-29-21-9-2-15(3-10-21)4-11-22(27)16-5-7-20(8-6-16)26-23(28)17-12-18(24)14-19(25)13-17/h2-14H,24-25H2,1H3,(H,26,28). The minimum atomic E-state index is -0.323. The third kappa shape index (κ3) is 5.49. The molecule has 1 amide bonds. The Balaban J connectivity index is 1.65. The molecule has 0 bridgehead atoms. The molecule has 0 saturated heterocycles. The van der Waals surface area contributed by atoms with E-state index in [2.05, 4.69) is 5.32 Å². The number of nitrogen functional groups attached to an aromatic ring is 2. The quantitative estimate of drug-likeness (QED) is 0.239. The van der Waals surface area contributed by atoms with Crippen molar-refractivity contribution in [1.29, 1.82) is 0 Å². The minimum absolute atomic E-state index is 0.111. The molecule has 0 aliphatic carbocycles.